The molecule has 9 aromatic rings. The van der Waals surface area contributed by atoms with Crippen LogP contribution in [0.15, 0.2) is 218 Å². The zero-order chi connectivity index (χ0) is 43.5. The summed E-state index contributed by atoms with van der Waals surface area (Å²) in [5, 5.41) is 0. The van der Waals surface area contributed by atoms with E-state index in [-0.39, 0.29) is 5.41 Å². The summed E-state index contributed by atoms with van der Waals surface area (Å²) in [5.41, 5.74) is 22.4. The van der Waals surface area contributed by atoms with Crippen LogP contribution in [0.2, 0.25) is 0 Å². The molecule has 314 valence electrons. The average Bonchev–Trinajstić information content (AvgIpc) is 4.08. The molecule has 3 aliphatic rings. The Labute approximate surface area is 384 Å². The third-order valence-corrected chi connectivity index (χ3v) is 15.2. The molecule has 0 heterocycles. The third-order valence-electron chi connectivity index (χ3n) is 15.2. The smallest absolute Gasteiger partial charge is 0.0540 e. The SMILES string of the molecule is CC1(C)c2cc(N(c3ccc(-c4ccc(C5CC6CCC5C6)cc4)cc3)c3ccccc3-c3ccccc3-c3ccccc3-c3ccccc3)ccc2-c2c(-c3ccccc3)cccc21. The topological polar surface area (TPSA) is 3.24 Å². The lowest BCUT2D eigenvalue weighted by atomic mass is 9.81. The van der Waals surface area contributed by atoms with Gasteiger partial charge in [0.25, 0.3) is 0 Å². The second-order valence-corrected chi connectivity index (χ2v) is 19.2. The lowest BCUT2D eigenvalue weighted by molar-refractivity contribution is 0.420. The van der Waals surface area contributed by atoms with Crippen molar-refractivity contribution in [1.82, 2.24) is 0 Å². The minimum atomic E-state index is -0.196. The molecule has 12 rings (SSSR count). The second kappa shape index (κ2) is 16.1. The maximum atomic E-state index is 2.49. The van der Waals surface area contributed by atoms with E-state index < -0.39 is 0 Å². The van der Waals surface area contributed by atoms with Crippen LogP contribution in [0.25, 0.3) is 66.8 Å². The Morgan fingerprint density at radius 3 is 1.57 bits per heavy atom. The molecule has 1 nitrogen and oxygen atoms in total. The molecule has 0 radical (unpaired) electrons. The summed E-state index contributed by atoms with van der Waals surface area (Å²) in [6.07, 6.45) is 5.66. The van der Waals surface area contributed by atoms with Crippen molar-refractivity contribution in [2.24, 2.45) is 11.8 Å². The summed E-state index contributed by atoms with van der Waals surface area (Å²) >= 11 is 0. The highest BCUT2D eigenvalue weighted by atomic mass is 15.1. The number of fused-ring (bicyclic) bond motifs is 5. The Kier molecular flexibility index (Phi) is 9.75. The molecule has 3 atom stereocenters. The average molecular weight is 836 g/mol. The minimum absolute atomic E-state index is 0.196. The summed E-state index contributed by atoms with van der Waals surface area (Å²) in [4.78, 5) is 2.49. The normalized spacial score (nSPS) is 17.7. The van der Waals surface area contributed by atoms with Gasteiger partial charge in [0.2, 0.25) is 0 Å². The van der Waals surface area contributed by atoms with Gasteiger partial charge in [-0.1, -0.05) is 208 Å². The predicted octanol–water partition coefficient (Wildman–Crippen LogP) is 17.7. The number of para-hydroxylation sites is 1. The largest absolute Gasteiger partial charge is 0.310 e. The van der Waals surface area contributed by atoms with Crippen molar-refractivity contribution in [3.8, 4) is 66.8 Å². The lowest BCUT2D eigenvalue weighted by Gasteiger charge is -2.30. The molecule has 0 N–H and O–H groups in total. The zero-order valence-corrected chi connectivity index (χ0v) is 37.3. The Morgan fingerprint density at radius 2 is 0.923 bits per heavy atom. The highest BCUT2D eigenvalue weighted by molar-refractivity contribution is 5.98. The van der Waals surface area contributed by atoms with Crippen LogP contribution in [0, 0.1) is 11.8 Å². The van der Waals surface area contributed by atoms with Gasteiger partial charge in [-0.2, -0.15) is 0 Å². The lowest BCUT2D eigenvalue weighted by Crippen LogP contribution is -2.17. The first-order valence-electron chi connectivity index (χ1n) is 23.7. The van der Waals surface area contributed by atoms with Crippen LogP contribution in [0.3, 0.4) is 0 Å². The van der Waals surface area contributed by atoms with Gasteiger partial charge in [0.15, 0.2) is 0 Å². The van der Waals surface area contributed by atoms with Crippen molar-refractivity contribution in [3.05, 3.63) is 235 Å². The van der Waals surface area contributed by atoms with E-state index in [0.717, 1.165) is 34.8 Å². The molecule has 0 amide bonds. The molecule has 1 heteroatoms. The summed E-state index contributed by atoms with van der Waals surface area (Å²) in [6.45, 7) is 4.79. The number of rotatable bonds is 9. The fourth-order valence-electron chi connectivity index (χ4n) is 12.0. The molecular formula is C64H53N. The number of benzene rings is 9. The molecule has 2 bridgehead atoms. The van der Waals surface area contributed by atoms with E-state index in [1.54, 1.807) is 0 Å². The first-order chi connectivity index (χ1) is 32.0. The van der Waals surface area contributed by atoms with E-state index in [1.807, 2.05) is 0 Å². The van der Waals surface area contributed by atoms with Crippen molar-refractivity contribution < 1.29 is 0 Å². The van der Waals surface area contributed by atoms with Gasteiger partial charge in [-0.25, -0.2) is 0 Å². The molecule has 0 aromatic heterocycles. The van der Waals surface area contributed by atoms with Crippen molar-refractivity contribution >= 4 is 17.1 Å². The molecule has 0 aliphatic heterocycles. The summed E-state index contributed by atoms with van der Waals surface area (Å²) in [5.74, 6) is 2.57. The Balaban J connectivity index is 0.997. The third kappa shape index (κ3) is 6.84. The van der Waals surface area contributed by atoms with E-state index in [4.69, 9.17) is 0 Å². The first-order valence-corrected chi connectivity index (χ1v) is 23.7. The molecule has 65 heavy (non-hydrogen) atoms. The molecule has 0 saturated heterocycles. The highest BCUT2D eigenvalue weighted by Gasteiger charge is 2.40. The number of hydrogen-bond acceptors (Lipinski definition) is 1. The summed E-state index contributed by atoms with van der Waals surface area (Å²) < 4.78 is 0. The molecule has 0 spiro atoms. The van der Waals surface area contributed by atoms with Gasteiger partial charge in [-0.15, -0.1) is 0 Å². The number of anilines is 3. The van der Waals surface area contributed by atoms with Gasteiger partial charge in [-0.05, 0) is 145 Å². The van der Waals surface area contributed by atoms with Crippen LogP contribution >= 0.6 is 0 Å². The maximum absolute atomic E-state index is 2.49. The van der Waals surface area contributed by atoms with Crippen LogP contribution in [0.5, 0.6) is 0 Å². The molecule has 3 unspecified atom stereocenters. The van der Waals surface area contributed by atoms with Crippen molar-refractivity contribution in [2.75, 3.05) is 4.90 Å². The Morgan fingerprint density at radius 1 is 0.385 bits per heavy atom. The summed E-state index contributed by atoms with van der Waals surface area (Å²) in [7, 11) is 0. The van der Waals surface area contributed by atoms with E-state index in [0.29, 0.717) is 0 Å². The van der Waals surface area contributed by atoms with Gasteiger partial charge in [0, 0.05) is 22.4 Å². The highest BCUT2D eigenvalue weighted by Crippen LogP contribution is 2.55. The van der Waals surface area contributed by atoms with Gasteiger partial charge in [0.05, 0.1) is 5.69 Å². The summed E-state index contributed by atoms with van der Waals surface area (Å²) in [6, 6.07) is 81.3. The van der Waals surface area contributed by atoms with Gasteiger partial charge < -0.3 is 4.90 Å². The molecule has 3 aliphatic carbocycles. The van der Waals surface area contributed by atoms with Crippen molar-refractivity contribution in [3.63, 3.8) is 0 Å². The van der Waals surface area contributed by atoms with Crippen LogP contribution < -0.4 is 4.90 Å². The maximum Gasteiger partial charge on any atom is 0.0540 e. The molecule has 2 fully saturated rings. The number of hydrogen-bond donors (Lipinski definition) is 0. The van der Waals surface area contributed by atoms with Crippen LogP contribution in [0.4, 0.5) is 17.1 Å². The predicted molar refractivity (Wildman–Crippen MR) is 274 cm³/mol. The van der Waals surface area contributed by atoms with Gasteiger partial charge in [0.1, 0.15) is 0 Å². The van der Waals surface area contributed by atoms with Crippen LogP contribution in [-0.4, -0.2) is 0 Å². The van der Waals surface area contributed by atoms with Gasteiger partial charge in [-0.3, -0.25) is 0 Å². The molecular weight excluding hydrogens is 783 g/mol. The minimum Gasteiger partial charge on any atom is -0.310 e. The number of nitrogens with zero attached hydrogens (tertiary/aromatic N) is 1. The van der Waals surface area contributed by atoms with Crippen LogP contribution in [0.1, 0.15) is 62.1 Å². The zero-order valence-electron chi connectivity index (χ0n) is 37.3. The fourth-order valence-corrected chi connectivity index (χ4v) is 12.0. The molecule has 9 aromatic carbocycles. The Bertz CT molecular complexity index is 3180. The first kappa shape index (κ1) is 39.4. The van der Waals surface area contributed by atoms with E-state index >= 15 is 0 Å². The standard InChI is InChI=1S/C64H53N/c1-64(2)60-26-15-25-53(47-18-7-4-8-19-47)63(60)58-39-38-51(42-61(58)64)65(50-36-34-45(35-37-50)44-30-32-48(33-31-44)59-41-43-28-29-49(59)40-43)62-27-14-13-24-57(62)56-23-12-11-22-55(56)54-21-10-9-20-52(54)46-16-5-3-6-17-46/h3-27,30-39,42-43,49,59H,28-29,40-41H2,1-2H3. The van der Waals surface area contributed by atoms with Crippen molar-refractivity contribution in [1.29, 1.82) is 0 Å². The van der Waals surface area contributed by atoms with Gasteiger partial charge >= 0.3 is 0 Å². The van der Waals surface area contributed by atoms with E-state index in [1.165, 1.54) is 109 Å². The van der Waals surface area contributed by atoms with Crippen molar-refractivity contribution in [2.45, 2.75) is 50.9 Å². The monoisotopic (exact) mass is 835 g/mol. The second-order valence-electron chi connectivity index (χ2n) is 19.2. The molecule has 2 saturated carbocycles. The Hall–Kier alpha value is -7.22. The van der Waals surface area contributed by atoms with Crippen LogP contribution in [-0.2, 0) is 5.41 Å². The fraction of sp³-hybridized carbons (Fsp3) is 0.156. The van der Waals surface area contributed by atoms with E-state index in [2.05, 4.69) is 237 Å². The quantitative estimate of drug-likeness (QED) is 0.140. The van der Waals surface area contributed by atoms with E-state index in [9.17, 15) is 0 Å².